The number of hydrogen-bond donors (Lipinski definition) is 1. The molecule has 0 aromatic carbocycles. The van der Waals surface area contributed by atoms with Crippen molar-refractivity contribution in [1.82, 2.24) is 5.32 Å². The molecule has 1 saturated carbocycles. The van der Waals surface area contributed by atoms with E-state index in [2.05, 4.69) is 40.1 Å². The van der Waals surface area contributed by atoms with Gasteiger partial charge in [-0.1, -0.05) is 20.8 Å². The van der Waals surface area contributed by atoms with Gasteiger partial charge in [-0.2, -0.15) is 0 Å². The zero-order chi connectivity index (χ0) is 8.70. The smallest absolute Gasteiger partial charge is 0.0203 e. The van der Waals surface area contributed by atoms with Crippen LogP contribution in [-0.4, -0.2) is 12.6 Å². The fourth-order valence-electron chi connectivity index (χ4n) is 2.18. The molecule has 0 radical (unpaired) electrons. The Labute approximate surface area is 70.6 Å². The fraction of sp³-hybridized carbons (Fsp3) is 1.00. The van der Waals surface area contributed by atoms with Gasteiger partial charge in [0.05, 0.1) is 0 Å². The summed E-state index contributed by atoms with van der Waals surface area (Å²) < 4.78 is 0. The average Bonchev–Trinajstić information content (AvgIpc) is 2.15. The highest BCUT2D eigenvalue weighted by Crippen LogP contribution is 2.49. The number of hydrogen-bond acceptors (Lipinski definition) is 1. The van der Waals surface area contributed by atoms with Crippen molar-refractivity contribution in [3.63, 3.8) is 0 Å². The summed E-state index contributed by atoms with van der Waals surface area (Å²) in [6, 6.07) is 0. The van der Waals surface area contributed by atoms with Gasteiger partial charge in [0.2, 0.25) is 0 Å². The second-order valence-electron chi connectivity index (χ2n) is 4.74. The van der Waals surface area contributed by atoms with Crippen LogP contribution in [0.25, 0.3) is 0 Å². The molecule has 1 aliphatic carbocycles. The Morgan fingerprint density at radius 2 is 1.82 bits per heavy atom. The van der Waals surface area contributed by atoms with E-state index in [4.69, 9.17) is 0 Å². The van der Waals surface area contributed by atoms with Crippen LogP contribution in [0.4, 0.5) is 0 Å². The van der Waals surface area contributed by atoms with Crippen LogP contribution >= 0.6 is 0 Å². The summed E-state index contributed by atoms with van der Waals surface area (Å²) in [4.78, 5) is 0. The summed E-state index contributed by atoms with van der Waals surface area (Å²) in [5.74, 6) is 0.847. The van der Waals surface area contributed by atoms with E-state index < -0.39 is 0 Å². The molecule has 0 heterocycles. The van der Waals surface area contributed by atoms with Crippen LogP contribution < -0.4 is 5.32 Å². The number of rotatable bonds is 1. The standard InChI is InChI=1S/C10H21N/c1-8-6-7-10(4,11-5)9(8,2)3/h8,11H,6-7H2,1-5H3/t8?,10-/m0/s1. The lowest BCUT2D eigenvalue weighted by Gasteiger charge is -2.40. The van der Waals surface area contributed by atoms with E-state index in [-0.39, 0.29) is 0 Å². The molecule has 1 aliphatic rings. The molecule has 0 aliphatic heterocycles. The van der Waals surface area contributed by atoms with Crippen LogP contribution in [-0.2, 0) is 0 Å². The van der Waals surface area contributed by atoms with Gasteiger partial charge in [0.15, 0.2) is 0 Å². The van der Waals surface area contributed by atoms with Crippen molar-refractivity contribution in [1.29, 1.82) is 0 Å². The van der Waals surface area contributed by atoms with Crippen LogP contribution in [0, 0.1) is 11.3 Å². The minimum absolute atomic E-state index is 0.354. The monoisotopic (exact) mass is 155 g/mol. The van der Waals surface area contributed by atoms with Gasteiger partial charge in [0.1, 0.15) is 0 Å². The average molecular weight is 155 g/mol. The van der Waals surface area contributed by atoms with E-state index >= 15 is 0 Å². The highest BCUT2D eigenvalue weighted by molar-refractivity contribution is 5.03. The van der Waals surface area contributed by atoms with Crippen molar-refractivity contribution >= 4 is 0 Å². The molecule has 11 heavy (non-hydrogen) atoms. The highest BCUT2D eigenvalue weighted by atomic mass is 15.0. The van der Waals surface area contributed by atoms with E-state index in [1.54, 1.807) is 0 Å². The van der Waals surface area contributed by atoms with Crippen LogP contribution in [0.1, 0.15) is 40.5 Å². The Morgan fingerprint density at radius 3 is 2.00 bits per heavy atom. The lowest BCUT2D eigenvalue weighted by molar-refractivity contribution is 0.145. The number of nitrogens with one attached hydrogen (secondary N) is 1. The molecule has 1 unspecified atom stereocenters. The molecule has 1 nitrogen and oxygen atoms in total. The summed E-state index contributed by atoms with van der Waals surface area (Å²) in [5.41, 5.74) is 0.800. The SMILES string of the molecule is CN[C@@]1(C)CCC(C)C1(C)C. The third-order valence-electron chi connectivity index (χ3n) is 4.28. The van der Waals surface area contributed by atoms with Crippen LogP contribution in [0.5, 0.6) is 0 Å². The second kappa shape index (κ2) is 2.48. The first-order valence-corrected chi connectivity index (χ1v) is 4.63. The predicted molar refractivity (Wildman–Crippen MR) is 49.6 cm³/mol. The molecule has 1 fully saturated rings. The zero-order valence-electron chi connectivity index (χ0n) is 8.49. The first kappa shape index (κ1) is 9.05. The molecule has 0 spiro atoms. The molecule has 0 saturated heterocycles. The lowest BCUT2D eigenvalue weighted by Crippen LogP contribution is -2.49. The largest absolute Gasteiger partial charge is 0.314 e. The van der Waals surface area contributed by atoms with E-state index in [1.165, 1.54) is 12.8 Å². The third kappa shape index (κ3) is 1.10. The Hall–Kier alpha value is -0.0400. The molecule has 66 valence electrons. The second-order valence-corrected chi connectivity index (χ2v) is 4.74. The molecule has 0 aromatic heterocycles. The minimum Gasteiger partial charge on any atom is -0.314 e. The van der Waals surface area contributed by atoms with Crippen molar-refractivity contribution in [2.24, 2.45) is 11.3 Å². The maximum Gasteiger partial charge on any atom is 0.0203 e. The highest BCUT2D eigenvalue weighted by Gasteiger charge is 2.48. The van der Waals surface area contributed by atoms with E-state index in [1.807, 2.05) is 0 Å². The topological polar surface area (TPSA) is 12.0 Å². The van der Waals surface area contributed by atoms with Crippen molar-refractivity contribution < 1.29 is 0 Å². The third-order valence-corrected chi connectivity index (χ3v) is 4.28. The summed E-state index contributed by atoms with van der Waals surface area (Å²) >= 11 is 0. The van der Waals surface area contributed by atoms with Crippen molar-refractivity contribution in [3.8, 4) is 0 Å². The van der Waals surface area contributed by atoms with E-state index in [0.29, 0.717) is 11.0 Å². The molecular formula is C10H21N. The molecule has 0 amide bonds. The molecule has 1 N–H and O–H groups in total. The first-order valence-electron chi connectivity index (χ1n) is 4.63. The van der Waals surface area contributed by atoms with Crippen LogP contribution in [0.3, 0.4) is 0 Å². The molecule has 1 heteroatoms. The maximum absolute atomic E-state index is 3.46. The fourth-order valence-corrected chi connectivity index (χ4v) is 2.18. The Balaban J connectivity index is 2.86. The maximum atomic E-state index is 3.46. The van der Waals surface area contributed by atoms with Crippen molar-refractivity contribution in [3.05, 3.63) is 0 Å². The van der Waals surface area contributed by atoms with Gasteiger partial charge in [0.25, 0.3) is 0 Å². The Bertz CT molecular complexity index is 148. The van der Waals surface area contributed by atoms with Crippen LogP contribution in [0.2, 0.25) is 0 Å². The summed E-state index contributed by atoms with van der Waals surface area (Å²) in [6.45, 7) is 9.46. The Kier molecular flexibility index (Phi) is 2.04. The summed E-state index contributed by atoms with van der Waals surface area (Å²) in [7, 11) is 2.08. The van der Waals surface area contributed by atoms with Crippen molar-refractivity contribution in [2.45, 2.75) is 46.1 Å². The molecule has 1 rings (SSSR count). The zero-order valence-corrected chi connectivity index (χ0v) is 8.49. The van der Waals surface area contributed by atoms with Gasteiger partial charge >= 0.3 is 0 Å². The Morgan fingerprint density at radius 1 is 1.27 bits per heavy atom. The van der Waals surface area contributed by atoms with Gasteiger partial charge < -0.3 is 5.32 Å². The van der Waals surface area contributed by atoms with Gasteiger partial charge in [-0.25, -0.2) is 0 Å². The normalized spacial score (nSPS) is 42.8. The lowest BCUT2D eigenvalue weighted by atomic mass is 9.72. The molecule has 0 bridgehead atoms. The van der Waals surface area contributed by atoms with Gasteiger partial charge in [-0.05, 0) is 38.1 Å². The van der Waals surface area contributed by atoms with Gasteiger partial charge in [-0.15, -0.1) is 0 Å². The van der Waals surface area contributed by atoms with E-state index in [0.717, 1.165) is 5.92 Å². The molecule has 2 atom stereocenters. The predicted octanol–water partition coefficient (Wildman–Crippen LogP) is 2.42. The van der Waals surface area contributed by atoms with Gasteiger partial charge in [-0.3, -0.25) is 0 Å². The quantitative estimate of drug-likeness (QED) is 0.613. The molecule has 0 aromatic rings. The summed E-state index contributed by atoms with van der Waals surface area (Å²) in [6.07, 6.45) is 2.68. The first-order chi connectivity index (χ1) is 4.94. The van der Waals surface area contributed by atoms with Gasteiger partial charge in [0, 0.05) is 5.54 Å². The van der Waals surface area contributed by atoms with Crippen LogP contribution in [0.15, 0.2) is 0 Å². The molecular weight excluding hydrogens is 134 g/mol. The van der Waals surface area contributed by atoms with E-state index in [9.17, 15) is 0 Å². The summed E-state index contributed by atoms with van der Waals surface area (Å²) in [5, 5.41) is 3.46. The minimum atomic E-state index is 0.354. The van der Waals surface area contributed by atoms with Crippen molar-refractivity contribution in [2.75, 3.05) is 7.05 Å².